The molecule has 3 unspecified atom stereocenters. The van der Waals surface area contributed by atoms with Crippen molar-refractivity contribution < 1.29 is 4.79 Å². The molecule has 2 N–H and O–H groups in total. The van der Waals surface area contributed by atoms with Crippen LogP contribution in [0.5, 0.6) is 0 Å². The minimum Gasteiger partial charge on any atom is -0.344 e. The van der Waals surface area contributed by atoms with E-state index in [0.29, 0.717) is 11.8 Å². The molecule has 0 aliphatic heterocycles. The van der Waals surface area contributed by atoms with E-state index in [0.717, 1.165) is 25.3 Å². The SMILES string of the molecule is CC1CC1CN(C)C(=O)C(C)(N)C1CC1. The molecule has 0 spiro atoms. The van der Waals surface area contributed by atoms with Gasteiger partial charge in [0.05, 0.1) is 5.54 Å². The Bertz CT molecular complexity index is 271. The second-order valence-electron chi connectivity index (χ2n) is 5.72. The van der Waals surface area contributed by atoms with Gasteiger partial charge in [0.2, 0.25) is 5.91 Å². The molecule has 2 fully saturated rings. The van der Waals surface area contributed by atoms with Crippen LogP contribution in [0.2, 0.25) is 0 Å². The van der Waals surface area contributed by atoms with Gasteiger partial charge in [0.1, 0.15) is 0 Å². The minimum absolute atomic E-state index is 0.129. The third-order valence-electron chi connectivity index (χ3n) is 4.02. The molecule has 15 heavy (non-hydrogen) atoms. The Labute approximate surface area is 92.0 Å². The molecule has 2 aliphatic rings. The molecule has 0 aromatic rings. The third kappa shape index (κ3) is 2.17. The summed E-state index contributed by atoms with van der Waals surface area (Å²) in [6.07, 6.45) is 3.50. The Morgan fingerprint density at radius 2 is 2.07 bits per heavy atom. The van der Waals surface area contributed by atoms with Crippen LogP contribution < -0.4 is 5.73 Å². The van der Waals surface area contributed by atoms with Crippen molar-refractivity contribution in [1.82, 2.24) is 4.90 Å². The van der Waals surface area contributed by atoms with Crippen molar-refractivity contribution in [2.24, 2.45) is 23.5 Å². The zero-order valence-electron chi connectivity index (χ0n) is 9.99. The van der Waals surface area contributed by atoms with Gasteiger partial charge >= 0.3 is 0 Å². The summed E-state index contributed by atoms with van der Waals surface area (Å²) < 4.78 is 0. The van der Waals surface area contributed by atoms with Gasteiger partial charge in [-0.2, -0.15) is 0 Å². The molecule has 0 heterocycles. The topological polar surface area (TPSA) is 46.3 Å². The van der Waals surface area contributed by atoms with E-state index < -0.39 is 5.54 Å². The largest absolute Gasteiger partial charge is 0.344 e. The lowest BCUT2D eigenvalue weighted by atomic mass is 9.95. The maximum absolute atomic E-state index is 12.1. The molecule has 0 bridgehead atoms. The summed E-state index contributed by atoms with van der Waals surface area (Å²) in [5, 5.41) is 0. The van der Waals surface area contributed by atoms with Crippen molar-refractivity contribution >= 4 is 5.91 Å². The lowest BCUT2D eigenvalue weighted by molar-refractivity contribution is -0.136. The standard InChI is InChI=1S/C12H22N2O/c1-8-6-9(8)7-14(3)11(15)12(2,13)10-4-5-10/h8-10H,4-7,13H2,1-3H3. The van der Waals surface area contributed by atoms with Crippen molar-refractivity contribution in [3.8, 4) is 0 Å². The monoisotopic (exact) mass is 210 g/mol. The average Bonchev–Trinajstić information content (AvgIpc) is 3.00. The molecule has 3 nitrogen and oxygen atoms in total. The summed E-state index contributed by atoms with van der Waals surface area (Å²) in [7, 11) is 1.89. The number of likely N-dealkylation sites (N-methyl/N-ethyl adjacent to an activating group) is 1. The van der Waals surface area contributed by atoms with Crippen LogP contribution >= 0.6 is 0 Å². The number of nitrogens with two attached hydrogens (primary N) is 1. The fraction of sp³-hybridized carbons (Fsp3) is 0.917. The quantitative estimate of drug-likeness (QED) is 0.758. The fourth-order valence-electron chi connectivity index (χ4n) is 2.36. The van der Waals surface area contributed by atoms with E-state index in [4.69, 9.17) is 5.73 Å². The summed E-state index contributed by atoms with van der Waals surface area (Å²) in [5.41, 5.74) is 5.49. The number of rotatable bonds is 4. The number of hydrogen-bond acceptors (Lipinski definition) is 2. The molecular formula is C12H22N2O. The van der Waals surface area contributed by atoms with Crippen molar-refractivity contribution in [1.29, 1.82) is 0 Å². The number of amides is 1. The molecule has 3 heteroatoms. The van der Waals surface area contributed by atoms with Gasteiger partial charge in [0.15, 0.2) is 0 Å². The van der Waals surface area contributed by atoms with Crippen molar-refractivity contribution in [3.05, 3.63) is 0 Å². The van der Waals surface area contributed by atoms with E-state index in [1.165, 1.54) is 6.42 Å². The zero-order valence-corrected chi connectivity index (χ0v) is 9.99. The Kier molecular flexibility index (Phi) is 2.53. The zero-order chi connectivity index (χ0) is 11.2. The van der Waals surface area contributed by atoms with Crippen LogP contribution in [0.25, 0.3) is 0 Å². The minimum atomic E-state index is -0.618. The van der Waals surface area contributed by atoms with Crippen molar-refractivity contribution in [2.75, 3.05) is 13.6 Å². The lowest BCUT2D eigenvalue weighted by Crippen LogP contribution is -2.54. The van der Waals surface area contributed by atoms with Crippen molar-refractivity contribution in [2.45, 2.75) is 38.6 Å². The highest BCUT2D eigenvalue weighted by Crippen LogP contribution is 2.41. The summed E-state index contributed by atoms with van der Waals surface area (Å²) in [5.74, 6) is 2.06. The molecular weight excluding hydrogens is 188 g/mol. The van der Waals surface area contributed by atoms with Gasteiger partial charge in [-0.3, -0.25) is 4.79 Å². The highest BCUT2D eigenvalue weighted by molar-refractivity contribution is 5.86. The second-order valence-corrected chi connectivity index (χ2v) is 5.72. The molecule has 86 valence electrons. The molecule has 2 aliphatic carbocycles. The Morgan fingerprint density at radius 3 is 2.47 bits per heavy atom. The molecule has 2 saturated carbocycles. The van der Waals surface area contributed by atoms with Gasteiger partial charge in [-0.15, -0.1) is 0 Å². The highest BCUT2D eigenvalue weighted by atomic mass is 16.2. The first kappa shape index (κ1) is 10.9. The molecule has 0 aromatic heterocycles. The maximum Gasteiger partial charge on any atom is 0.242 e. The molecule has 3 atom stereocenters. The first-order chi connectivity index (χ1) is 6.93. The van der Waals surface area contributed by atoms with Crippen LogP contribution in [-0.2, 0) is 4.79 Å². The number of nitrogens with zero attached hydrogens (tertiary/aromatic N) is 1. The lowest BCUT2D eigenvalue weighted by Gasteiger charge is -2.29. The van der Waals surface area contributed by atoms with Crippen LogP contribution in [0.4, 0.5) is 0 Å². The van der Waals surface area contributed by atoms with Crippen LogP contribution in [0.15, 0.2) is 0 Å². The molecule has 2 rings (SSSR count). The van der Waals surface area contributed by atoms with Gasteiger partial charge in [-0.05, 0) is 43.9 Å². The second kappa shape index (κ2) is 3.48. The van der Waals surface area contributed by atoms with E-state index >= 15 is 0 Å². The van der Waals surface area contributed by atoms with Crippen LogP contribution in [0.1, 0.15) is 33.1 Å². The van der Waals surface area contributed by atoms with Crippen LogP contribution in [0.3, 0.4) is 0 Å². The van der Waals surface area contributed by atoms with Gasteiger partial charge in [0.25, 0.3) is 0 Å². The molecule has 0 radical (unpaired) electrons. The Hall–Kier alpha value is -0.570. The number of carbonyl (C=O) groups is 1. The first-order valence-electron chi connectivity index (χ1n) is 5.97. The van der Waals surface area contributed by atoms with E-state index in [-0.39, 0.29) is 5.91 Å². The number of carbonyl (C=O) groups excluding carboxylic acids is 1. The Morgan fingerprint density at radius 1 is 1.53 bits per heavy atom. The smallest absolute Gasteiger partial charge is 0.242 e. The molecule has 0 saturated heterocycles. The van der Waals surface area contributed by atoms with Crippen LogP contribution in [-0.4, -0.2) is 29.9 Å². The predicted octanol–water partition coefficient (Wildman–Crippen LogP) is 1.23. The Balaban J connectivity index is 1.88. The normalized spacial score (nSPS) is 33.3. The van der Waals surface area contributed by atoms with E-state index in [1.54, 1.807) is 0 Å². The summed E-state index contributed by atoms with van der Waals surface area (Å²) in [4.78, 5) is 14.0. The third-order valence-corrected chi connectivity index (χ3v) is 4.02. The maximum atomic E-state index is 12.1. The van der Waals surface area contributed by atoms with E-state index in [1.807, 2.05) is 18.9 Å². The van der Waals surface area contributed by atoms with Gasteiger partial charge < -0.3 is 10.6 Å². The van der Waals surface area contributed by atoms with Crippen molar-refractivity contribution in [3.63, 3.8) is 0 Å². The van der Waals surface area contributed by atoms with E-state index in [9.17, 15) is 4.79 Å². The van der Waals surface area contributed by atoms with Gasteiger partial charge in [0, 0.05) is 13.6 Å². The number of hydrogen-bond donors (Lipinski definition) is 1. The van der Waals surface area contributed by atoms with Crippen LogP contribution in [0, 0.1) is 17.8 Å². The highest BCUT2D eigenvalue weighted by Gasteiger charge is 2.46. The first-order valence-corrected chi connectivity index (χ1v) is 5.97. The van der Waals surface area contributed by atoms with Gasteiger partial charge in [-0.1, -0.05) is 6.92 Å². The van der Waals surface area contributed by atoms with E-state index in [2.05, 4.69) is 6.92 Å². The summed E-state index contributed by atoms with van der Waals surface area (Å²) in [6, 6.07) is 0. The molecule has 1 amide bonds. The summed E-state index contributed by atoms with van der Waals surface area (Å²) in [6.45, 7) is 5.02. The van der Waals surface area contributed by atoms with Gasteiger partial charge in [-0.25, -0.2) is 0 Å². The average molecular weight is 210 g/mol. The molecule has 0 aromatic carbocycles. The summed E-state index contributed by atoms with van der Waals surface area (Å²) >= 11 is 0. The predicted molar refractivity (Wildman–Crippen MR) is 60.2 cm³/mol. The fourth-order valence-corrected chi connectivity index (χ4v) is 2.36.